The van der Waals surface area contributed by atoms with Gasteiger partial charge in [0.2, 0.25) is 10.0 Å². The van der Waals surface area contributed by atoms with Crippen LogP contribution in [0, 0.1) is 5.92 Å². The molecule has 1 rings (SSSR count). The number of hydrogen-bond donors (Lipinski definition) is 1. The fraction of sp³-hybridized carbons (Fsp3) is 1.00. The van der Waals surface area contributed by atoms with Crippen molar-refractivity contribution >= 4 is 21.6 Å². The molecule has 1 saturated carbocycles. The number of nitrogens with one attached hydrogen (secondary N) is 1. The predicted molar refractivity (Wildman–Crippen MR) is 72.9 cm³/mol. The molecular formula is C12H24ClNO2S. The van der Waals surface area contributed by atoms with E-state index in [9.17, 15) is 8.42 Å². The summed E-state index contributed by atoms with van der Waals surface area (Å²) in [5, 5.41) is 0. The molecule has 0 unspecified atom stereocenters. The lowest BCUT2D eigenvalue weighted by Gasteiger charge is -2.28. The van der Waals surface area contributed by atoms with E-state index in [1.54, 1.807) is 0 Å². The van der Waals surface area contributed by atoms with E-state index in [4.69, 9.17) is 11.6 Å². The largest absolute Gasteiger partial charge is 0.212 e. The van der Waals surface area contributed by atoms with Crippen LogP contribution in [0.2, 0.25) is 0 Å². The minimum absolute atomic E-state index is 0.166. The Labute approximate surface area is 110 Å². The molecule has 0 aliphatic heterocycles. The third kappa shape index (κ3) is 6.07. The molecule has 17 heavy (non-hydrogen) atoms. The van der Waals surface area contributed by atoms with Crippen LogP contribution in [0.1, 0.15) is 51.9 Å². The molecule has 0 bridgehead atoms. The fourth-order valence-electron chi connectivity index (χ4n) is 2.39. The molecule has 102 valence electrons. The Hall–Kier alpha value is 0.200. The normalized spacial score (nSPS) is 26.0. The summed E-state index contributed by atoms with van der Waals surface area (Å²) >= 11 is 5.54. The maximum absolute atomic E-state index is 11.8. The van der Waals surface area contributed by atoms with Crippen LogP contribution < -0.4 is 4.72 Å². The molecule has 0 radical (unpaired) electrons. The van der Waals surface area contributed by atoms with Crippen LogP contribution in [0.15, 0.2) is 0 Å². The summed E-state index contributed by atoms with van der Waals surface area (Å²) < 4.78 is 26.4. The third-order valence-corrected chi connectivity index (χ3v) is 5.35. The lowest BCUT2D eigenvalue weighted by molar-refractivity contribution is 0.306. The molecule has 0 aromatic rings. The molecule has 3 nitrogen and oxygen atoms in total. The van der Waals surface area contributed by atoms with E-state index in [2.05, 4.69) is 11.6 Å². The van der Waals surface area contributed by atoms with Crippen molar-refractivity contribution < 1.29 is 8.42 Å². The number of sulfonamides is 1. The van der Waals surface area contributed by atoms with E-state index in [1.165, 1.54) is 6.42 Å². The van der Waals surface area contributed by atoms with Gasteiger partial charge in [-0.15, -0.1) is 11.6 Å². The van der Waals surface area contributed by atoms with E-state index >= 15 is 0 Å². The quantitative estimate of drug-likeness (QED) is 0.576. The Kier molecular flexibility index (Phi) is 6.82. The molecule has 0 saturated heterocycles. The molecular weight excluding hydrogens is 258 g/mol. The average Bonchev–Trinajstić information content (AvgIpc) is 2.30. The zero-order chi connectivity index (χ0) is 12.7. The molecule has 1 fully saturated rings. The maximum Gasteiger partial charge on any atom is 0.211 e. The summed E-state index contributed by atoms with van der Waals surface area (Å²) in [7, 11) is -3.09. The Morgan fingerprint density at radius 1 is 1.18 bits per heavy atom. The average molecular weight is 282 g/mol. The van der Waals surface area contributed by atoms with E-state index in [0.29, 0.717) is 12.3 Å². The lowest BCUT2D eigenvalue weighted by atomic mass is 9.85. The first kappa shape index (κ1) is 15.3. The maximum atomic E-state index is 11.8. The van der Waals surface area contributed by atoms with Crippen molar-refractivity contribution in [2.45, 2.75) is 57.9 Å². The lowest BCUT2D eigenvalue weighted by Crippen LogP contribution is -2.38. The molecule has 1 aliphatic rings. The Morgan fingerprint density at radius 3 is 2.35 bits per heavy atom. The summed E-state index contributed by atoms with van der Waals surface area (Å²) in [6, 6.07) is 0.166. The van der Waals surface area contributed by atoms with Gasteiger partial charge in [0.1, 0.15) is 0 Å². The van der Waals surface area contributed by atoms with Crippen molar-refractivity contribution in [1.29, 1.82) is 0 Å². The van der Waals surface area contributed by atoms with Gasteiger partial charge in [-0.25, -0.2) is 13.1 Å². The zero-order valence-electron chi connectivity index (χ0n) is 10.6. The summed E-state index contributed by atoms with van der Waals surface area (Å²) in [6.45, 7) is 2.21. The van der Waals surface area contributed by atoms with Gasteiger partial charge in [-0.2, -0.15) is 0 Å². The van der Waals surface area contributed by atoms with Gasteiger partial charge >= 0.3 is 0 Å². The van der Waals surface area contributed by atoms with Gasteiger partial charge in [0, 0.05) is 11.9 Å². The first-order chi connectivity index (χ1) is 8.07. The third-order valence-electron chi connectivity index (χ3n) is 3.57. The van der Waals surface area contributed by atoms with Crippen LogP contribution in [-0.4, -0.2) is 26.1 Å². The molecule has 0 spiro atoms. The van der Waals surface area contributed by atoms with Gasteiger partial charge in [0.25, 0.3) is 0 Å². The molecule has 0 aromatic carbocycles. The highest BCUT2D eigenvalue weighted by Gasteiger charge is 2.23. The molecule has 1 aliphatic carbocycles. The van der Waals surface area contributed by atoms with Crippen molar-refractivity contribution in [1.82, 2.24) is 4.72 Å². The number of unbranched alkanes of at least 4 members (excludes halogenated alkanes) is 1. The highest BCUT2D eigenvalue weighted by Crippen LogP contribution is 2.26. The minimum atomic E-state index is -3.09. The van der Waals surface area contributed by atoms with Crippen LogP contribution in [0.4, 0.5) is 0 Å². The van der Waals surface area contributed by atoms with Crippen molar-refractivity contribution in [2.75, 3.05) is 11.6 Å². The van der Waals surface area contributed by atoms with Gasteiger partial charge in [-0.1, -0.05) is 13.3 Å². The fourth-order valence-corrected chi connectivity index (χ4v) is 4.02. The van der Waals surface area contributed by atoms with Crippen molar-refractivity contribution in [3.8, 4) is 0 Å². The van der Waals surface area contributed by atoms with Gasteiger partial charge in [0.15, 0.2) is 0 Å². The van der Waals surface area contributed by atoms with E-state index in [0.717, 1.165) is 38.0 Å². The van der Waals surface area contributed by atoms with Gasteiger partial charge < -0.3 is 0 Å². The minimum Gasteiger partial charge on any atom is -0.212 e. The highest BCUT2D eigenvalue weighted by atomic mass is 35.5. The number of hydrogen-bond acceptors (Lipinski definition) is 2. The van der Waals surface area contributed by atoms with Gasteiger partial charge in [-0.3, -0.25) is 0 Å². The number of halogens is 1. The zero-order valence-corrected chi connectivity index (χ0v) is 12.2. The second kappa shape index (κ2) is 7.59. The van der Waals surface area contributed by atoms with Crippen LogP contribution >= 0.6 is 11.6 Å². The van der Waals surface area contributed by atoms with E-state index in [1.807, 2.05) is 0 Å². The molecule has 0 atom stereocenters. The molecule has 0 aromatic heterocycles. The molecule has 5 heteroatoms. The second-order valence-electron chi connectivity index (χ2n) is 4.96. The second-order valence-corrected chi connectivity index (χ2v) is 7.21. The van der Waals surface area contributed by atoms with Gasteiger partial charge in [0.05, 0.1) is 5.75 Å². The van der Waals surface area contributed by atoms with Crippen LogP contribution in [0.25, 0.3) is 0 Å². The van der Waals surface area contributed by atoms with Gasteiger partial charge in [-0.05, 0) is 44.4 Å². The number of rotatable bonds is 7. The summed E-state index contributed by atoms with van der Waals surface area (Å²) in [6.07, 6.45) is 6.95. The number of alkyl halides is 1. The monoisotopic (exact) mass is 281 g/mol. The Bertz CT molecular complexity index is 298. The Balaban J connectivity index is 2.28. The first-order valence-corrected chi connectivity index (χ1v) is 8.82. The van der Waals surface area contributed by atoms with Crippen LogP contribution in [-0.2, 0) is 10.0 Å². The van der Waals surface area contributed by atoms with Crippen molar-refractivity contribution in [3.63, 3.8) is 0 Å². The summed E-state index contributed by atoms with van der Waals surface area (Å²) in [5.41, 5.74) is 0. The van der Waals surface area contributed by atoms with E-state index in [-0.39, 0.29) is 11.8 Å². The topological polar surface area (TPSA) is 46.2 Å². The summed E-state index contributed by atoms with van der Waals surface area (Å²) in [5.74, 6) is 1.55. The van der Waals surface area contributed by atoms with Crippen molar-refractivity contribution in [3.05, 3.63) is 0 Å². The highest BCUT2D eigenvalue weighted by molar-refractivity contribution is 7.89. The molecule has 1 N–H and O–H groups in total. The molecule has 0 amide bonds. The standard InChI is InChI=1S/C12H24ClNO2S/c1-2-11-5-7-12(8-6-11)14-17(15,16)10-4-3-9-13/h11-12,14H,2-10H2,1H3. The smallest absolute Gasteiger partial charge is 0.211 e. The Morgan fingerprint density at radius 2 is 1.82 bits per heavy atom. The summed E-state index contributed by atoms with van der Waals surface area (Å²) in [4.78, 5) is 0. The van der Waals surface area contributed by atoms with Crippen LogP contribution in [0.3, 0.4) is 0 Å². The van der Waals surface area contributed by atoms with Crippen LogP contribution in [0.5, 0.6) is 0 Å². The van der Waals surface area contributed by atoms with Crippen molar-refractivity contribution in [2.24, 2.45) is 5.92 Å². The SMILES string of the molecule is CCC1CCC(NS(=O)(=O)CCCCCl)CC1. The first-order valence-electron chi connectivity index (χ1n) is 6.63. The molecule has 0 heterocycles. The van der Waals surface area contributed by atoms with E-state index < -0.39 is 10.0 Å². The predicted octanol–water partition coefficient (Wildman–Crippen LogP) is 2.89.